The second-order valence-electron chi connectivity index (χ2n) is 4.82. The maximum atomic E-state index is 12.2. The van der Waals surface area contributed by atoms with Crippen molar-refractivity contribution in [3.63, 3.8) is 0 Å². The lowest BCUT2D eigenvalue weighted by molar-refractivity contribution is 0.0939. The van der Waals surface area contributed by atoms with E-state index in [0.717, 1.165) is 11.3 Å². The SMILES string of the molecule is Cc1ccccc1C(C)NC(=O)c1cnn(C)c1C. The van der Waals surface area contributed by atoms with Crippen molar-refractivity contribution >= 4 is 5.91 Å². The van der Waals surface area contributed by atoms with Crippen molar-refractivity contribution in [2.24, 2.45) is 7.05 Å². The summed E-state index contributed by atoms with van der Waals surface area (Å²) in [6.07, 6.45) is 1.61. The Labute approximate surface area is 113 Å². The lowest BCUT2D eigenvalue weighted by Crippen LogP contribution is -2.27. The summed E-state index contributed by atoms with van der Waals surface area (Å²) >= 11 is 0. The molecule has 0 radical (unpaired) electrons. The molecule has 0 bridgehead atoms. The minimum absolute atomic E-state index is 0.0201. The van der Waals surface area contributed by atoms with E-state index in [4.69, 9.17) is 0 Å². The summed E-state index contributed by atoms with van der Waals surface area (Å²) in [6, 6.07) is 8.05. The minimum Gasteiger partial charge on any atom is -0.345 e. The Bertz CT molecular complexity index is 601. The van der Waals surface area contributed by atoms with Crippen molar-refractivity contribution in [3.05, 3.63) is 52.8 Å². The van der Waals surface area contributed by atoms with Crippen LogP contribution in [0, 0.1) is 13.8 Å². The highest BCUT2D eigenvalue weighted by Crippen LogP contribution is 2.17. The van der Waals surface area contributed by atoms with Crippen LogP contribution in [0.15, 0.2) is 30.5 Å². The van der Waals surface area contributed by atoms with Gasteiger partial charge in [0.2, 0.25) is 0 Å². The highest BCUT2D eigenvalue weighted by atomic mass is 16.1. The van der Waals surface area contributed by atoms with E-state index < -0.39 is 0 Å². The number of aryl methyl sites for hydroxylation is 2. The van der Waals surface area contributed by atoms with Gasteiger partial charge in [0.05, 0.1) is 17.8 Å². The summed E-state index contributed by atoms with van der Waals surface area (Å²) < 4.78 is 1.70. The molecule has 0 fully saturated rings. The smallest absolute Gasteiger partial charge is 0.255 e. The van der Waals surface area contributed by atoms with Gasteiger partial charge in [-0.2, -0.15) is 5.10 Å². The van der Waals surface area contributed by atoms with Crippen LogP contribution in [0.3, 0.4) is 0 Å². The van der Waals surface area contributed by atoms with E-state index in [-0.39, 0.29) is 11.9 Å². The Hall–Kier alpha value is -2.10. The zero-order valence-electron chi connectivity index (χ0n) is 11.8. The van der Waals surface area contributed by atoms with Crippen LogP contribution in [0.5, 0.6) is 0 Å². The van der Waals surface area contributed by atoms with Crippen LogP contribution in [0.2, 0.25) is 0 Å². The molecule has 100 valence electrons. The fourth-order valence-corrected chi connectivity index (χ4v) is 2.15. The number of carbonyl (C=O) groups excluding carboxylic acids is 1. The maximum absolute atomic E-state index is 12.2. The van der Waals surface area contributed by atoms with E-state index in [2.05, 4.69) is 10.4 Å². The standard InChI is InChI=1S/C15H19N3O/c1-10-7-5-6-8-13(10)11(2)17-15(19)14-9-16-18(4)12(14)3/h5-9,11H,1-4H3,(H,17,19). The summed E-state index contributed by atoms with van der Waals surface area (Å²) in [5.74, 6) is -0.0821. The molecular formula is C15H19N3O. The molecule has 0 spiro atoms. The molecule has 19 heavy (non-hydrogen) atoms. The van der Waals surface area contributed by atoms with Crippen molar-refractivity contribution in [3.8, 4) is 0 Å². The first kappa shape index (κ1) is 13.3. The summed E-state index contributed by atoms with van der Waals surface area (Å²) in [5, 5.41) is 7.11. The highest BCUT2D eigenvalue weighted by Gasteiger charge is 2.16. The number of nitrogens with zero attached hydrogens (tertiary/aromatic N) is 2. The number of amides is 1. The second-order valence-corrected chi connectivity index (χ2v) is 4.82. The average molecular weight is 257 g/mol. The number of benzene rings is 1. The van der Waals surface area contributed by atoms with E-state index >= 15 is 0 Å². The van der Waals surface area contributed by atoms with Gasteiger partial charge < -0.3 is 5.32 Å². The molecule has 1 amide bonds. The third-order valence-corrected chi connectivity index (χ3v) is 3.48. The van der Waals surface area contributed by atoms with Crippen molar-refractivity contribution in [2.75, 3.05) is 0 Å². The third-order valence-electron chi connectivity index (χ3n) is 3.48. The first-order chi connectivity index (χ1) is 9.00. The van der Waals surface area contributed by atoms with Crippen LogP contribution < -0.4 is 5.32 Å². The Kier molecular flexibility index (Phi) is 3.69. The van der Waals surface area contributed by atoms with Crippen LogP contribution >= 0.6 is 0 Å². The van der Waals surface area contributed by atoms with Crippen molar-refractivity contribution < 1.29 is 4.79 Å². The molecule has 1 aromatic heterocycles. The highest BCUT2D eigenvalue weighted by molar-refractivity contribution is 5.95. The monoisotopic (exact) mass is 257 g/mol. The van der Waals surface area contributed by atoms with E-state index in [1.807, 2.05) is 52.1 Å². The number of hydrogen-bond acceptors (Lipinski definition) is 2. The number of nitrogens with one attached hydrogen (secondary N) is 1. The molecule has 1 atom stereocenters. The maximum Gasteiger partial charge on any atom is 0.255 e. The van der Waals surface area contributed by atoms with Gasteiger partial charge in [0.1, 0.15) is 0 Å². The second kappa shape index (κ2) is 5.26. The van der Waals surface area contributed by atoms with Crippen molar-refractivity contribution in [2.45, 2.75) is 26.8 Å². The van der Waals surface area contributed by atoms with Gasteiger partial charge in [0.25, 0.3) is 5.91 Å². The molecule has 1 N–H and O–H groups in total. The molecule has 1 unspecified atom stereocenters. The predicted octanol–water partition coefficient (Wildman–Crippen LogP) is 2.53. The summed E-state index contributed by atoms with van der Waals surface area (Å²) in [5.41, 5.74) is 3.81. The van der Waals surface area contributed by atoms with Gasteiger partial charge in [0, 0.05) is 12.7 Å². The Balaban J connectivity index is 2.16. The van der Waals surface area contributed by atoms with Crippen LogP contribution in [0.25, 0.3) is 0 Å². The van der Waals surface area contributed by atoms with Crippen LogP contribution in [-0.4, -0.2) is 15.7 Å². The fraction of sp³-hybridized carbons (Fsp3) is 0.333. The topological polar surface area (TPSA) is 46.9 Å². The minimum atomic E-state index is -0.0821. The molecule has 0 aliphatic carbocycles. The van der Waals surface area contributed by atoms with Gasteiger partial charge in [-0.05, 0) is 31.9 Å². The first-order valence-corrected chi connectivity index (χ1v) is 6.35. The molecule has 1 heterocycles. The Morgan fingerprint density at radius 3 is 2.58 bits per heavy atom. The summed E-state index contributed by atoms with van der Waals surface area (Å²) in [6.45, 7) is 5.93. The molecule has 4 heteroatoms. The Morgan fingerprint density at radius 1 is 1.32 bits per heavy atom. The zero-order valence-corrected chi connectivity index (χ0v) is 11.8. The van der Waals surface area contributed by atoms with Crippen LogP contribution in [0.4, 0.5) is 0 Å². The van der Waals surface area contributed by atoms with E-state index in [1.54, 1.807) is 10.9 Å². The normalized spacial score (nSPS) is 12.2. The third kappa shape index (κ3) is 2.67. The summed E-state index contributed by atoms with van der Waals surface area (Å²) in [7, 11) is 1.83. The predicted molar refractivity (Wildman–Crippen MR) is 75.0 cm³/mol. The number of aromatic nitrogens is 2. The average Bonchev–Trinajstić information content (AvgIpc) is 2.70. The molecule has 2 aromatic rings. The molecule has 0 aliphatic heterocycles. The van der Waals surface area contributed by atoms with Gasteiger partial charge in [-0.3, -0.25) is 9.48 Å². The fourth-order valence-electron chi connectivity index (χ4n) is 2.15. The molecule has 0 saturated carbocycles. The molecule has 1 aromatic carbocycles. The number of hydrogen-bond donors (Lipinski definition) is 1. The Morgan fingerprint density at radius 2 is 2.00 bits per heavy atom. The van der Waals surface area contributed by atoms with E-state index in [9.17, 15) is 4.79 Å². The molecular weight excluding hydrogens is 238 g/mol. The van der Waals surface area contributed by atoms with Crippen molar-refractivity contribution in [1.29, 1.82) is 0 Å². The largest absolute Gasteiger partial charge is 0.345 e. The van der Waals surface area contributed by atoms with Gasteiger partial charge >= 0.3 is 0 Å². The lowest BCUT2D eigenvalue weighted by Gasteiger charge is -2.16. The quantitative estimate of drug-likeness (QED) is 0.918. The van der Waals surface area contributed by atoms with Gasteiger partial charge in [-0.1, -0.05) is 24.3 Å². The first-order valence-electron chi connectivity index (χ1n) is 6.35. The zero-order chi connectivity index (χ0) is 14.0. The van der Waals surface area contributed by atoms with Gasteiger partial charge in [0.15, 0.2) is 0 Å². The summed E-state index contributed by atoms with van der Waals surface area (Å²) in [4.78, 5) is 12.2. The molecule has 0 saturated heterocycles. The van der Waals surface area contributed by atoms with E-state index in [1.165, 1.54) is 5.56 Å². The van der Waals surface area contributed by atoms with Crippen molar-refractivity contribution in [1.82, 2.24) is 15.1 Å². The van der Waals surface area contributed by atoms with Crippen LogP contribution in [-0.2, 0) is 7.05 Å². The molecule has 0 aliphatic rings. The van der Waals surface area contributed by atoms with Gasteiger partial charge in [-0.25, -0.2) is 0 Å². The number of carbonyl (C=O) groups is 1. The van der Waals surface area contributed by atoms with Crippen LogP contribution in [0.1, 0.15) is 40.1 Å². The molecule has 4 nitrogen and oxygen atoms in total. The van der Waals surface area contributed by atoms with E-state index in [0.29, 0.717) is 5.56 Å². The number of rotatable bonds is 3. The molecule has 2 rings (SSSR count). The lowest BCUT2D eigenvalue weighted by atomic mass is 10.0. The van der Waals surface area contributed by atoms with Gasteiger partial charge in [-0.15, -0.1) is 0 Å².